The third-order valence-corrected chi connectivity index (χ3v) is 6.61. The molecule has 10 nitrogen and oxygen atoms in total. The van der Waals surface area contributed by atoms with Gasteiger partial charge in [-0.15, -0.1) is 0 Å². The molecule has 4 rings (SSSR count). The predicted octanol–water partition coefficient (Wildman–Crippen LogP) is 3.77. The van der Waals surface area contributed by atoms with E-state index in [9.17, 15) is 26.8 Å². The van der Waals surface area contributed by atoms with Crippen LogP contribution in [0.15, 0.2) is 35.6 Å². The van der Waals surface area contributed by atoms with E-state index >= 15 is 0 Å². The van der Waals surface area contributed by atoms with Crippen molar-refractivity contribution in [2.75, 3.05) is 29.1 Å². The number of urea groups is 1. The molecule has 194 valence electrons. The Kier molecular flexibility index (Phi) is 6.62. The average Bonchev–Trinajstić information content (AvgIpc) is 2.78. The van der Waals surface area contributed by atoms with Crippen LogP contribution in [0.5, 0.6) is 0 Å². The number of ether oxygens (including phenoxy) is 1. The van der Waals surface area contributed by atoms with Crippen LogP contribution >= 0.6 is 0 Å². The Morgan fingerprint density at radius 1 is 1.25 bits per heavy atom. The van der Waals surface area contributed by atoms with E-state index < -0.39 is 51.7 Å². The highest BCUT2D eigenvalue weighted by Crippen LogP contribution is 2.41. The zero-order valence-corrected chi connectivity index (χ0v) is 21.1. The number of hydrogen-bond donors (Lipinski definition) is 0. The van der Waals surface area contributed by atoms with Crippen molar-refractivity contribution in [1.82, 2.24) is 14.9 Å². The standard InChI is InChI=1S/C23H27F2N5O5S/c1-23(2,3)35-22(32)28-10-9-17(15-7-5-6-8-16(15)28)29-12-14-11-26-20(36(4,33)34)27-19(14)30(21(29)31)13-18(24)25/h5-8,11,17-18H,9-10,12-13H2,1-4H3/t17-/m0/s1. The second-order valence-corrected chi connectivity index (χ2v) is 11.6. The maximum absolute atomic E-state index is 13.5. The minimum absolute atomic E-state index is 0.0105. The van der Waals surface area contributed by atoms with Crippen molar-refractivity contribution in [3.8, 4) is 0 Å². The first-order valence-corrected chi connectivity index (χ1v) is 13.2. The molecule has 1 atom stereocenters. The number of carbonyl (C=O) groups excluding carboxylic acids is 2. The van der Waals surface area contributed by atoms with Crippen LogP contribution < -0.4 is 9.80 Å². The van der Waals surface area contributed by atoms with Crippen LogP contribution in [-0.2, 0) is 21.1 Å². The molecular formula is C23H27F2N5O5S. The molecule has 0 fully saturated rings. The summed E-state index contributed by atoms with van der Waals surface area (Å²) in [5.41, 5.74) is 0.869. The SMILES string of the molecule is CC(C)(C)OC(=O)N1CC[C@H](N2Cc3cnc(S(C)(=O)=O)nc3N(CC(F)F)C2=O)c2ccccc21. The van der Waals surface area contributed by atoms with Crippen molar-refractivity contribution in [3.05, 3.63) is 41.6 Å². The van der Waals surface area contributed by atoms with Crippen LogP contribution in [-0.4, -0.2) is 66.8 Å². The van der Waals surface area contributed by atoms with Gasteiger partial charge in [0, 0.05) is 24.6 Å². The summed E-state index contributed by atoms with van der Waals surface area (Å²) in [6.45, 7) is 4.57. The lowest BCUT2D eigenvalue weighted by atomic mass is 9.94. The van der Waals surface area contributed by atoms with E-state index in [1.165, 1.54) is 16.0 Å². The number of anilines is 2. The highest BCUT2D eigenvalue weighted by molar-refractivity contribution is 7.90. The van der Waals surface area contributed by atoms with E-state index in [1.807, 2.05) is 0 Å². The predicted molar refractivity (Wildman–Crippen MR) is 127 cm³/mol. The Morgan fingerprint density at radius 2 is 1.94 bits per heavy atom. The number of para-hydroxylation sites is 1. The summed E-state index contributed by atoms with van der Waals surface area (Å²) < 4.78 is 56.3. The zero-order chi connectivity index (χ0) is 26.4. The largest absolute Gasteiger partial charge is 0.443 e. The maximum atomic E-state index is 13.5. The molecule has 0 bridgehead atoms. The van der Waals surface area contributed by atoms with Crippen molar-refractivity contribution in [1.29, 1.82) is 0 Å². The number of halogens is 2. The molecule has 0 saturated heterocycles. The van der Waals surface area contributed by atoms with Gasteiger partial charge in [-0.25, -0.2) is 36.8 Å². The average molecular weight is 524 g/mol. The first-order chi connectivity index (χ1) is 16.8. The van der Waals surface area contributed by atoms with E-state index in [-0.39, 0.29) is 18.9 Å². The summed E-state index contributed by atoms with van der Waals surface area (Å²) in [5.74, 6) is -0.147. The summed E-state index contributed by atoms with van der Waals surface area (Å²) in [6, 6.07) is 5.79. The Balaban J connectivity index is 1.72. The highest BCUT2D eigenvalue weighted by atomic mass is 32.2. The number of sulfone groups is 1. The molecule has 0 unspecified atom stereocenters. The molecule has 2 aliphatic rings. The van der Waals surface area contributed by atoms with Crippen LogP contribution in [0.4, 0.5) is 29.9 Å². The van der Waals surface area contributed by atoms with Gasteiger partial charge in [-0.3, -0.25) is 9.80 Å². The van der Waals surface area contributed by atoms with Crippen molar-refractivity contribution < 1.29 is 31.5 Å². The number of benzene rings is 1. The number of aromatic nitrogens is 2. The lowest BCUT2D eigenvalue weighted by molar-refractivity contribution is 0.0571. The summed E-state index contributed by atoms with van der Waals surface area (Å²) >= 11 is 0. The van der Waals surface area contributed by atoms with E-state index in [2.05, 4.69) is 9.97 Å². The minimum atomic E-state index is -3.82. The molecule has 0 N–H and O–H groups in total. The van der Waals surface area contributed by atoms with Gasteiger partial charge >= 0.3 is 12.1 Å². The Bertz CT molecular complexity index is 1300. The molecule has 1 aromatic heterocycles. The van der Waals surface area contributed by atoms with Gasteiger partial charge in [0.05, 0.1) is 24.8 Å². The van der Waals surface area contributed by atoms with Gasteiger partial charge in [0.15, 0.2) is 0 Å². The van der Waals surface area contributed by atoms with Crippen molar-refractivity contribution in [2.45, 2.75) is 57.0 Å². The van der Waals surface area contributed by atoms with Crippen LogP contribution in [0.2, 0.25) is 0 Å². The summed E-state index contributed by atoms with van der Waals surface area (Å²) in [4.78, 5) is 37.9. The fourth-order valence-corrected chi connectivity index (χ4v) is 4.82. The quantitative estimate of drug-likeness (QED) is 0.561. The Labute approximate surface area is 207 Å². The smallest absolute Gasteiger partial charge is 0.414 e. The van der Waals surface area contributed by atoms with Gasteiger partial charge in [-0.05, 0) is 38.8 Å². The molecule has 2 aliphatic heterocycles. The molecule has 3 heterocycles. The normalized spacial score (nSPS) is 18.2. The number of hydrogen-bond acceptors (Lipinski definition) is 7. The molecule has 3 amide bonds. The third kappa shape index (κ3) is 5.11. The number of amides is 3. The highest BCUT2D eigenvalue weighted by Gasteiger charge is 2.41. The number of nitrogens with zero attached hydrogens (tertiary/aromatic N) is 5. The van der Waals surface area contributed by atoms with Crippen molar-refractivity contribution in [2.24, 2.45) is 0 Å². The Hall–Kier alpha value is -3.35. The molecule has 2 aromatic rings. The monoisotopic (exact) mass is 523 g/mol. The fraction of sp³-hybridized carbons (Fsp3) is 0.478. The van der Waals surface area contributed by atoms with Crippen molar-refractivity contribution >= 4 is 33.5 Å². The van der Waals surface area contributed by atoms with E-state index in [0.717, 1.165) is 11.2 Å². The number of carbonyl (C=O) groups is 2. The maximum Gasteiger partial charge on any atom is 0.414 e. The first-order valence-electron chi connectivity index (χ1n) is 11.3. The lowest BCUT2D eigenvalue weighted by Gasteiger charge is -2.44. The van der Waals surface area contributed by atoms with Gasteiger partial charge in [-0.2, -0.15) is 0 Å². The zero-order valence-electron chi connectivity index (χ0n) is 20.3. The number of alkyl halides is 2. The number of rotatable bonds is 4. The fourth-order valence-electron chi connectivity index (χ4n) is 4.32. The second-order valence-electron chi connectivity index (χ2n) is 9.68. The molecule has 36 heavy (non-hydrogen) atoms. The van der Waals surface area contributed by atoms with Gasteiger partial charge in [-0.1, -0.05) is 18.2 Å². The first kappa shape index (κ1) is 25.7. The topological polar surface area (TPSA) is 113 Å². The summed E-state index contributed by atoms with van der Waals surface area (Å²) in [5, 5.41) is -0.544. The third-order valence-electron chi connectivity index (χ3n) is 5.75. The second kappa shape index (κ2) is 9.26. The minimum Gasteiger partial charge on any atom is -0.443 e. The molecule has 0 aliphatic carbocycles. The van der Waals surface area contributed by atoms with Crippen LogP contribution in [0.1, 0.15) is 44.4 Å². The van der Waals surface area contributed by atoms with Gasteiger partial charge in [0.2, 0.25) is 15.0 Å². The van der Waals surface area contributed by atoms with Crippen LogP contribution in [0.25, 0.3) is 0 Å². The van der Waals surface area contributed by atoms with Gasteiger partial charge in [0.25, 0.3) is 6.43 Å². The van der Waals surface area contributed by atoms with Crippen LogP contribution in [0, 0.1) is 0 Å². The van der Waals surface area contributed by atoms with E-state index in [0.29, 0.717) is 23.2 Å². The molecule has 0 spiro atoms. The lowest BCUT2D eigenvalue weighted by Crippen LogP contribution is -2.52. The molecule has 1 aromatic carbocycles. The van der Waals surface area contributed by atoms with Crippen molar-refractivity contribution in [3.63, 3.8) is 0 Å². The molecule has 0 saturated carbocycles. The van der Waals surface area contributed by atoms with Gasteiger partial charge < -0.3 is 9.64 Å². The number of fused-ring (bicyclic) bond motifs is 2. The van der Waals surface area contributed by atoms with Gasteiger partial charge in [0.1, 0.15) is 11.4 Å². The molecule has 0 radical (unpaired) electrons. The molecular weight excluding hydrogens is 496 g/mol. The molecule has 13 heteroatoms. The van der Waals surface area contributed by atoms with Crippen LogP contribution in [0.3, 0.4) is 0 Å². The van der Waals surface area contributed by atoms with E-state index in [1.54, 1.807) is 45.0 Å². The van der Waals surface area contributed by atoms with E-state index in [4.69, 9.17) is 4.74 Å². The summed E-state index contributed by atoms with van der Waals surface area (Å²) in [6.07, 6.45) is -0.914. The summed E-state index contributed by atoms with van der Waals surface area (Å²) in [7, 11) is -3.82. The Morgan fingerprint density at radius 3 is 2.58 bits per heavy atom.